The van der Waals surface area contributed by atoms with Gasteiger partial charge in [-0.15, -0.1) is 0 Å². The van der Waals surface area contributed by atoms with Crippen LogP contribution >= 0.6 is 0 Å². The number of carbonyl (C=O) groups excluding carboxylic acids is 2. The van der Waals surface area contributed by atoms with E-state index < -0.39 is 0 Å². The standard InChI is InChI=1S/C24H36N4O2/c1-6-12-23(29)25-16-11-15-22-26-20-13-9-10-14-21(20)27(22)17-24(30)28(18(4)7-2)19(5)8-3/h6,9-10,12-14,18-19H,7-8,11,15-17H2,1-5H3,(H,25,29)/b12-6-. The number of benzene rings is 1. The Bertz CT molecular complexity index is 861. The summed E-state index contributed by atoms with van der Waals surface area (Å²) in [4.78, 5) is 31.7. The van der Waals surface area contributed by atoms with Gasteiger partial charge in [0.05, 0.1) is 11.0 Å². The maximum atomic E-state index is 13.3. The molecule has 30 heavy (non-hydrogen) atoms. The van der Waals surface area contributed by atoms with Crippen LogP contribution in [0.1, 0.15) is 59.7 Å². The number of hydrogen-bond acceptors (Lipinski definition) is 3. The molecule has 1 N–H and O–H groups in total. The van der Waals surface area contributed by atoms with Gasteiger partial charge in [-0.25, -0.2) is 4.98 Å². The largest absolute Gasteiger partial charge is 0.353 e. The van der Waals surface area contributed by atoms with Gasteiger partial charge in [0.15, 0.2) is 0 Å². The maximum Gasteiger partial charge on any atom is 0.243 e. The van der Waals surface area contributed by atoms with Crippen LogP contribution in [0.4, 0.5) is 0 Å². The highest BCUT2D eigenvalue weighted by atomic mass is 16.2. The van der Waals surface area contributed by atoms with Crippen LogP contribution in [0.2, 0.25) is 0 Å². The number of nitrogens with one attached hydrogen (secondary N) is 1. The van der Waals surface area contributed by atoms with Crippen LogP contribution in [0.5, 0.6) is 0 Å². The summed E-state index contributed by atoms with van der Waals surface area (Å²) in [7, 11) is 0. The number of rotatable bonds is 11. The van der Waals surface area contributed by atoms with E-state index in [9.17, 15) is 9.59 Å². The zero-order valence-corrected chi connectivity index (χ0v) is 19.0. The molecule has 0 aliphatic rings. The van der Waals surface area contributed by atoms with Gasteiger partial charge in [-0.05, 0) is 58.2 Å². The number of aryl methyl sites for hydroxylation is 1. The topological polar surface area (TPSA) is 67.2 Å². The number of hydrogen-bond donors (Lipinski definition) is 1. The number of aromatic nitrogens is 2. The van der Waals surface area contributed by atoms with Crippen molar-refractivity contribution in [3.63, 3.8) is 0 Å². The lowest BCUT2D eigenvalue weighted by molar-refractivity contribution is -0.136. The number of amides is 2. The van der Waals surface area contributed by atoms with Crippen LogP contribution in [0.15, 0.2) is 36.4 Å². The molecule has 6 heteroatoms. The van der Waals surface area contributed by atoms with E-state index in [0.717, 1.165) is 36.1 Å². The molecule has 2 aromatic rings. The predicted molar refractivity (Wildman–Crippen MR) is 122 cm³/mol. The van der Waals surface area contributed by atoms with E-state index >= 15 is 0 Å². The average molecular weight is 413 g/mol. The fraction of sp³-hybridized carbons (Fsp3) is 0.542. The van der Waals surface area contributed by atoms with E-state index in [0.29, 0.717) is 13.0 Å². The Kier molecular flexibility index (Phi) is 9.09. The Balaban J connectivity index is 2.21. The lowest BCUT2D eigenvalue weighted by Gasteiger charge is -2.34. The second-order valence-corrected chi connectivity index (χ2v) is 7.81. The molecule has 0 aliphatic carbocycles. The first-order chi connectivity index (χ1) is 14.4. The first-order valence-corrected chi connectivity index (χ1v) is 11.1. The number of carbonyl (C=O) groups is 2. The monoisotopic (exact) mass is 412 g/mol. The second-order valence-electron chi connectivity index (χ2n) is 7.81. The van der Waals surface area contributed by atoms with E-state index in [1.54, 1.807) is 6.08 Å². The summed E-state index contributed by atoms with van der Waals surface area (Å²) in [5.41, 5.74) is 1.88. The number of fused-ring (bicyclic) bond motifs is 1. The van der Waals surface area contributed by atoms with Gasteiger partial charge in [0.2, 0.25) is 11.8 Å². The molecule has 1 aromatic carbocycles. The van der Waals surface area contributed by atoms with Gasteiger partial charge in [-0.2, -0.15) is 0 Å². The molecule has 0 radical (unpaired) electrons. The summed E-state index contributed by atoms with van der Waals surface area (Å²) in [5.74, 6) is 0.932. The first-order valence-electron chi connectivity index (χ1n) is 11.1. The van der Waals surface area contributed by atoms with Gasteiger partial charge in [-0.1, -0.05) is 32.1 Å². The Labute approximate surface area is 180 Å². The summed E-state index contributed by atoms with van der Waals surface area (Å²) < 4.78 is 2.04. The van der Waals surface area contributed by atoms with Crippen molar-refractivity contribution in [3.05, 3.63) is 42.2 Å². The highest BCUT2D eigenvalue weighted by Crippen LogP contribution is 2.19. The van der Waals surface area contributed by atoms with Gasteiger partial charge in [0.1, 0.15) is 12.4 Å². The molecule has 2 amide bonds. The van der Waals surface area contributed by atoms with Gasteiger partial charge in [-0.3, -0.25) is 9.59 Å². The minimum absolute atomic E-state index is 0.0843. The Morgan fingerprint density at radius 2 is 1.83 bits per heavy atom. The third-order valence-corrected chi connectivity index (χ3v) is 5.64. The number of nitrogens with zero attached hydrogens (tertiary/aromatic N) is 3. The van der Waals surface area contributed by atoms with E-state index in [4.69, 9.17) is 4.98 Å². The minimum atomic E-state index is -0.0843. The van der Waals surface area contributed by atoms with Crippen LogP contribution in [-0.4, -0.2) is 44.9 Å². The molecular formula is C24H36N4O2. The quantitative estimate of drug-likeness (QED) is 0.447. The van der Waals surface area contributed by atoms with Gasteiger partial charge in [0, 0.05) is 25.0 Å². The molecule has 6 nitrogen and oxygen atoms in total. The molecular weight excluding hydrogens is 376 g/mol. The fourth-order valence-electron chi connectivity index (χ4n) is 3.70. The van der Waals surface area contributed by atoms with Crippen LogP contribution in [-0.2, 0) is 22.6 Å². The summed E-state index contributed by atoms with van der Waals surface area (Å²) in [6, 6.07) is 8.35. The molecule has 2 rings (SSSR count). The van der Waals surface area contributed by atoms with Gasteiger partial charge < -0.3 is 14.8 Å². The normalized spacial score (nSPS) is 13.5. The zero-order valence-electron chi connectivity index (χ0n) is 19.0. The van der Waals surface area contributed by atoms with E-state index in [2.05, 4.69) is 33.0 Å². The minimum Gasteiger partial charge on any atom is -0.353 e. The van der Waals surface area contributed by atoms with E-state index in [1.165, 1.54) is 6.08 Å². The van der Waals surface area contributed by atoms with Crippen molar-refractivity contribution in [3.8, 4) is 0 Å². The van der Waals surface area contributed by atoms with E-state index in [1.807, 2.05) is 40.7 Å². The maximum absolute atomic E-state index is 13.3. The lowest BCUT2D eigenvalue weighted by atomic mass is 10.1. The molecule has 164 valence electrons. The Morgan fingerprint density at radius 3 is 2.47 bits per heavy atom. The third-order valence-electron chi connectivity index (χ3n) is 5.64. The molecule has 1 aromatic heterocycles. The molecule has 0 aliphatic heterocycles. The van der Waals surface area contributed by atoms with Gasteiger partial charge >= 0.3 is 0 Å². The van der Waals surface area contributed by atoms with Crippen LogP contribution < -0.4 is 5.32 Å². The zero-order chi connectivity index (χ0) is 22.1. The molecule has 1 heterocycles. The summed E-state index contributed by atoms with van der Waals surface area (Å²) in [6.45, 7) is 11.2. The average Bonchev–Trinajstić information content (AvgIpc) is 3.08. The molecule has 0 saturated carbocycles. The van der Waals surface area contributed by atoms with E-state index in [-0.39, 0.29) is 30.4 Å². The van der Waals surface area contributed by atoms with Crippen molar-refractivity contribution in [1.82, 2.24) is 19.8 Å². The predicted octanol–water partition coefficient (Wildman–Crippen LogP) is 4.09. The Morgan fingerprint density at radius 1 is 1.17 bits per heavy atom. The molecule has 0 bridgehead atoms. The number of allylic oxidation sites excluding steroid dienone is 1. The highest BCUT2D eigenvalue weighted by Gasteiger charge is 2.25. The van der Waals surface area contributed by atoms with Crippen LogP contribution in [0.3, 0.4) is 0 Å². The summed E-state index contributed by atoms with van der Waals surface area (Å²) >= 11 is 0. The molecule has 0 fully saturated rings. The van der Waals surface area contributed by atoms with Crippen molar-refractivity contribution in [2.75, 3.05) is 6.54 Å². The lowest BCUT2D eigenvalue weighted by Crippen LogP contribution is -2.45. The molecule has 2 unspecified atom stereocenters. The molecule has 2 atom stereocenters. The van der Waals surface area contributed by atoms with Gasteiger partial charge in [0.25, 0.3) is 0 Å². The molecule has 0 spiro atoms. The number of para-hydroxylation sites is 2. The van der Waals surface area contributed by atoms with Crippen LogP contribution in [0, 0.1) is 0 Å². The van der Waals surface area contributed by atoms with Crippen molar-refractivity contribution in [2.45, 2.75) is 78.9 Å². The van der Waals surface area contributed by atoms with Crippen LogP contribution in [0.25, 0.3) is 11.0 Å². The van der Waals surface area contributed by atoms with Crippen molar-refractivity contribution in [1.29, 1.82) is 0 Å². The summed E-state index contributed by atoms with van der Waals surface area (Å²) in [5, 5.41) is 2.87. The Hall–Kier alpha value is -2.63. The van der Waals surface area contributed by atoms with Crippen molar-refractivity contribution >= 4 is 22.8 Å². The first kappa shape index (κ1) is 23.6. The SMILES string of the molecule is C/C=C\C(=O)NCCCc1nc2ccccc2n1CC(=O)N(C(C)CC)C(C)CC. The smallest absolute Gasteiger partial charge is 0.243 e. The van der Waals surface area contributed by atoms with Crippen molar-refractivity contribution < 1.29 is 9.59 Å². The second kappa shape index (κ2) is 11.5. The fourth-order valence-corrected chi connectivity index (χ4v) is 3.70. The molecule has 0 saturated heterocycles. The third kappa shape index (κ3) is 5.94. The van der Waals surface area contributed by atoms with Crippen molar-refractivity contribution in [2.24, 2.45) is 0 Å². The number of imidazole rings is 1. The highest BCUT2D eigenvalue weighted by molar-refractivity contribution is 5.87. The summed E-state index contributed by atoms with van der Waals surface area (Å²) in [6.07, 6.45) is 6.57.